The standard InChI is InChI=1S/C25H29NO5/c1-4-15-31-20-12-10-19(11-13-20)23(27)21-22(18-8-6-5-7-9-18)26(25(29)24(21)28)14-16-30-17(2)3/h5-13,17,22,27H,4,14-16H2,1-3H3/b23-21-. The number of hydrogen-bond acceptors (Lipinski definition) is 5. The molecule has 0 spiro atoms. The molecule has 1 fully saturated rings. The number of carbonyl (C=O) groups is 2. The first-order valence-corrected chi connectivity index (χ1v) is 10.6. The van der Waals surface area contributed by atoms with Crippen LogP contribution in [0.1, 0.15) is 44.4 Å². The lowest BCUT2D eigenvalue weighted by atomic mass is 9.95. The van der Waals surface area contributed by atoms with Gasteiger partial charge in [0.25, 0.3) is 11.7 Å². The zero-order valence-electron chi connectivity index (χ0n) is 18.2. The van der Waals surface area contributed by atoms with Crippen LogP contribution in [0.4, 0.5) is 0 Å². The van der Waals surface area contributed by atoms with E-state index in [0.29, 0.717) is 24.5 Å². The Hall–Kier alpha value is -3.12. The summed E-state index contributed by atoms with van der Waals surface area (Å²) in [6, 6.07) is 15.5. The Morgan fingerprint density at radius 2 is 1.71 bits per heavy atom. The molecule has 164 valence electrons. The molecule has 2 aromatic carbocycles. The fourth-order valence-corrected chi connectivity index (χ4v) is 3.56. The van der Waals surface area contributed by atoms with E-state index in [1.54, 1.807) is 24.3 Å². The number of ketones is 1. The predicted molar refractivity (Wildman–Crippen MR) is 119 cm³/mol. The summed E-state index contributed by atoms with van der Waals surface area (Å²) in [6.45, 7) is 7.01. The molecule has 3 rings (SSSR count). The van der Waals surface area contributed by atoms with Crippen LogP contribution in [0.3, 0.4) is 0 Å². The highest BCUT2D eigenvalue weighted by molar-refractivity contribution is 6.46. The van der Waals surface area contributed by atoms with Gasteiger partial charge in [-0.3, -0.25) is 9.59 Å². The van der Waals surface area contributed by atoms with Gasteiger partial charge < -0.3 is 19.5 Å². The summed E-state index contributed by atoms with van der Waals surface area (Å²) in [5.41, 5.74) is 1.31. The molecule has 1 heterocycles. The number of likely N-dealkylation sites (tertiary alicyclic amines) is 1. The zero-order valence-corrected chi connectivity index (χ0v) is 18.2. The van der Waals surface area contributed by atoms with Crippen molar-refractivity contribution < 1.29 is 24.2 Å². The van der Waals surface area contributed by atoms with Gasteiger partial charge in [-0.15, -0.1) is 0 Å². The number of ether oxygens (including phenoxy) is 2. The van der Waals surface area contributed by atoms with Gasteiger partial charge in [0.05, 0.1) is 30.9 Å². The van der Waals surface area contributed by atoms with Crippen molar-refractivity contribution in [1.82, 2.24) is 4.90 Å². The van der Waals surface area contributed by atoms with Gasteiger partial charge in [0.15, 0.2) is 0 Å². The van der Waals surface area contributed by atoms with Crippen LogP contribution in [0.5, 0.6) is 5.75 Å². The highest BCUT2D eigenvalue weighted by Gasteiger charge is 2.45. The van der Waals surface area contributed by atoms with Crippen LogP contribution < -0.4 is 4.74 Å². The minimum Gasteiger partial charge on any atom is -0.507 e. The molecule has 1 saturated heterocycles. The number of aliphatic hydroxyl groups excluding tert-OH is 1. The Kier molecular flexibility index (Phi) is 7.47. The van der Waals surface area contributed by atoms with E-state index in [4.69, 9.17) is 9.47 Å². The number of benzene rings is 2. The fourth-order valence-electron chi connectivity index (χ4n) is 3.56. The molecular formula is C25H29NO5. The normalized spacial score (nSPS) is 18.1. The number of rotatable bonds is 9. The minimum atomic E-state index is -0.692. The average Bonchev–Trinajstić information content (AvgIpc) is 3.03. The molecule has 0 bridgehead atoms. The maximum Gasteiger partial charge on any atom is 0.295 e. The van der Waals surface area contributed by atoms with E-state index >= 15 is 0 Å². The van der Waals surface area contributed by atoms with E-state index in [9.17, 15) is 14.7 Å². The Morgan fingerprint density at radius 3 is 2.32 bits per heavy atom. The van der Waals surface area contributed by atoms with Crippen LogP contribution >= 0.6 is 0 Å². The summed E-state index contributed by atoms with van der Waals surface area (Å²) < 4.78 is 11.2. The third kappa shape index (κ3) is 5.14. The van der Waals surface area contributed by atoms with Crippen molar-refractivity contribution in [3.63, 3.8) is 0 Å². The minimum absolute atomic E-state index is 0.0143. The number of amides is 1. The Balaban J connectivity index is 1.99. The van der Waals surface area contributed by atoms with Crippen LogP contribution in [0.15, 0.2) is 60.2 Å². The lowest BCUT2D eigenvalue weighted by Crippen LogP contribution is -2.33. The van der Waals surface area contributed by atoms with Gasteiger partial charge in [0.1, 0.15) is 11.5 Å². The number of hydrogen-bond donors (Lipinski definition) is 1. The SMILES string of the molecule is CCCOc1ccc(/C(O)=C2/C(=O)C(=O)N(CCOC(C)C)C2c2ccccc2)cc1. The van der Waals surface area contributed by atoms with Crippen molar-refractivity contribution >= 4 is 17.4 Å². The summed E-state index contributed by atoms with van der Waals surface area (Å²) in [6.07, 6.45) is 0.906. The van der Waals surface area contributed by atoms with Crippen LogP contribution in [0, 0.1) is 0 Å². The largest absolute Gasteiger partial charge is 0.507 e. The molecule has 31 heavy (non-hydrogen) atoms. The smallest absolute Gasteiger partial charge is 0.295 e. The molecule has 1 aliphatic heterocycles. The zero-order chi connectivity index (χ0) is 22.4. The maximum absolute atomic E-state index is 12.9. The second-order valence-electron chi connectivity index (χ2n) is 7.70. The molecule has 0 saturated carbocycles. The Bertz CT molecular complexity index is 934. The highest BCUT2D eigenvalue weighted by atomic mass is 16.5. The maximum atomic E-state index is 12.9. The molecule has 1 N–H and O–H groups in total. The van der Waals surface area contributed by atoms with Crippen molar-refractivity contribution in [1.29, 1.82) is 0 Å². The molecule has 2 aromatic rings. The molecule has 6 heteroatoms. The van der Waals surface area contributed by atoms with Crippen molar-refractivity contribution in [2.24, 2.45) is 0 Å². The first-order chi connectivity index (χ1) is 14.9. The summed E-state index contributed by atoms with van der Waals surface area (Å²) in [7, 11) is 0. The molecule has 0 radical (unpaired) electrons. The van der Waals surface area contributed by atoms with E-state index in [0.717, 1.165) is 12.0 Å². The van der Waals surface area contributed by atoms with Crippen LogP contribution in [-0.4, -0.2) is 47.6 Å². The van der Waals surface area contributed by atoms with Gasteiger partial charge in [-0.05, 0) is 50.1 Å². The van der Waals surface area contributed by atoms with E-state index < -0.39 is 17.7 Å². The molecule has 1 unspecified atom stereocenters. The van der Waals surface area contributed by atoms with Crippen LogP contribution in [0.2, 0.25) is 0 Å². The van der Waals surface area contributed by atoms with Gasteiger partial charge in [0, 0.05) is 12.1 Å². The Labute approximate surface area is 183 Å². The monoisotopic (exact) mass is 423 g/mol. The van der Waals surface area contributed by atoms with E-state index in [-0.39, 0.29) is 24.0 Å². The van der Waals surface area contributed by atoms with Gasteiger partial charge in [-0.2, -0.15) is 0 Å². The lowest BCUT2D eigenvalue weighted by Gasteiger charge is -2.25. The van der Waals surface area contributed by atoms with Crippen molar-refractivity contribution in [2.75, 3.05) is 19.8 Å². The molecule has 0 aromatic heterocycles. The molecule has 1 amide bonds. The van der Waals surface area contributed by atoms with Gasteiger partial charge in [-0.25, -0.2) is 0 Å². The van der Waals surface area contributed by atoms with E-state index in [1.807, 2.05) is 51.1 Å². The summed E-state index contributed by atoms with van der Waals surface area (Å²) in [4.78, 5) is 27.3. The summed E-state index contributed by atoms with van der Waals surface area (Å²) >= 11 is 0. The Morgan fingerprint density at radius 1 is 1.03 bits per heavy atom. The van der Waals surface area contributed by atoms with E-state index in [2.05, 4.69) is 0 Å². The van der Waals surface area contributed by atoms with E-state index in [1.165, 1.54) is 4.90 Å². The molecule has 1 aliphatic rings. The number of Topliss-reactive ketones (excluding diaryl/α,β-unsaturated/α-hetero) is 1. The predicted octanol–water partition coefficient (Wildman–Crippen LogP) is 4.32. The summed E-state index contributed by atoms with van der Waals surface area (Å²) in [5, 5.41) is 11.0. The quantitative estimate of drug-likeness (QED) is 0.369. The average molecular weight is 424 g/mol. The lowest BCUT2D eigenvalue weighted by molar-refractivity contribution is -0.140. The second kappa shape index (κ2) is 10.3. The third-order valence-electron chi connectivity index (χ3n) is 5.04. The van der Waals surface area contributed by atoms with Crippen molar-refractivity contribution in [2.45, 2.75) is 39.3 Å². The second-order valence-corrected chi connectivity index (χ2v) is 7.70. The number of aliphatic hydroxyl groups is 1. The first-order valence-electron chi connectivity index (χ1n) is 10.6. The van der Waals surface area contributed by atoms with Crippen LogP contribution in [-0.2, 0) is 14.3 Å². The van der Waals surface area contributed by atoms with Gasteiger partial charge in [0.2, 0.25) is 0 Å². The van der Waals surface area contributed by atoms with Crippen molar-refractivity contribution in [3.8, 4) is 5.75 Å². The summed E-state index contributed by atoms with van der Waals surface area (Å²) in [5.74, 6) is -0.835. The third-order valence-corrected chi connectivity index (χ3v) is 5.04. The molecule has 0 aliphatic carbocycles. The molecule has 6 nitrogen and oxygen atoms in total. The number of carbonyl (C=O) groups excluding carboxylic acids is 2. The topological polar surface area (TPSA) is 76.1 Å². The van der Waals surface area contributed by atoms with Gasteiger partial charge >= 0.3 is 0 Å². The fraction of sp³-hybridized carbons (Fsp3) is 0.360. The number of nitrogens with zero attached hydrogens (tertiary/aromatic N) is 1. The van der Waals surface area contributed by atoms with Crippen LogP contribution in [0.25, 0.3) is 5.76 Å². The first kappa shape index (κ1) is 22.6. The molecule has 1 atom stereocenters. The van der Waals surface area contributed by atoms with Crippen molar-refractivity contribution in [3.05, 3.63) is 71.3 Å². The highest BCUT2D eigenvalue weighted by Crippen LogP contribution is 2.39. The van der Waals surface area contributed by atoms with Gasteiger partial charge in [-0.1, -0.05) is 37.3 Å². The molecular weight excluding hydrogens is 394 g/mol.